The summed E-state index contributed by atoms with van der Waals surface area (Å²) in [6.45, 7) is 0. The van der Waals surface area contributed by atoms with Crippen molar-refractivity contribution in [1.82, 2.24) is 0 Å². The summed E-state index contributed by atoms with van der Waals surface area (Å²) in [7, 11) is 0. The molecular formula is C30H20F12N2O. The highest BCUT2D eigenvalue weighted by atomic mass is 19.4. The zero-order valence-electron chi connectivity index (χ0n) is 22.3. The van der Waals surface area contributed by atoms with Crippen molar-refractivity contribution in [2.75, 3.05) is 11.5 Å². The van der Waals surface area contributed by atoms with Gasteiger partial charge in [-0.25, -0.2) is 8.78 Å². The molecule has 0 heterocycles. The van der Waals surface area contributed by atoms with E-state index in [4.69, 9.17) is 16.2 Å². The number of hydrogen-bond acceptors (Lipinski definition) is 3. The molecule has 2 atom stereocenters. The predicted octanol–water partition coefficient (Wildman–Crippen LogP) is 9.68. The largest absolute Gasteiger partial charge is 0.457 e. The molecule has 0 aliphatic rings. The molecule has 0 saturated carbocycles. The number of rotatable bonds is 8. The lowest BCUT2D eigenvalue weighted by Crippen LogP contribution is -2.51. The lowest BCUT2D eigenvalue weighted by Gasteiger charge is -2.35. The topological polar surface area (TPSA) is 61.3 Å². The normalized spacial score (nSPS) is 15.6. The van der Waals surface area contributed by atoms with Crippen LogP contribution in [-0.2, 0) is 23.2 Å². The zero-order chi connectivity index (χ0) is 33.6. The Balaban J connectivity index is 1.64. The SMILES string of the molecule is Nc1ccc(C(F)(F)C(F)(c2ccc(Oc3ccc(C(F)(C(F)(F)F)C(F)(F)c4ccc(N)cc4)cc3)cc2)C(F)(F)F)cc1. The van der Waals surface area contributed by atoms with Gasteiger partial charge in [-0.15, -0.1) is 0 Å². The number of alkyl halides is 12. The van der Waals surface area contributed by atoms with Gasteiger partial charge in [0.05, 0.1) is 0 Å². The Morgan fingerprint density at radius 3 is 0.844 bits per heavy atom. The van der Waals surface area contributed by atoms with Gasteiger partial charge in [0, 0.05) is 33.6 Å². The Morgan fingerprint density at radius 1 is 0.356 bits per heavy atom. The van der Waals surface area contributed by atoms with Crippen LogP contribution in [0.1, 0.15) is 22.3 Å². The van der Waals surface area contributed by atoms with Gasteiger partial charge < -0.3 is 16.2 Å². The van der Waals surface area contributed by atoms with Crippen molar-refractivity contribution < 1.29 is 57.4 Å². The monoisotopic (exact) mass is 652 g/mol. The van der Waals surface area contributed by atoms with Gasteiger partial charge in [0.25, 0.3) is 11.3 Å². The second kappa shape index (κ2) is 11.1. The first-order chi connectivity index (χ1) is 20.7. The van der Waals surface area contributed by atoms with Crippen LogP contribution in [0, 0.1) is 0 Å². The molecule has 4 rings (SSSR count). The molecule has 3 nitrogen and oxygen atoms in total. The van der Waals surface area contributed by atoms with Gasteiger partial charge in [-0.3, -0.25) is 0 Å². The molecule has 45 heavy (non-hydrogen) atoms. The van der Waals surface area contributed by atoms with Crippen molar-refractivity contribution in [3.8, 4) is 11.5 Å². The Kier molecular flexibility index (Phi) is 8.23. The summed E-state index contributed by atoms with van der Waals surface area (Å²) >= 11 is 0. The molecule has 0 spiro atoms. The predicted molar refractivity (Wildman–Crippen MR) is 140 cm³/mol. The van der Waals surface area contributed by atoms with Crippen LogP contribution < -0.4 is 16.2 Å². The van der Waals surface area contributed by atoms with E-state index in [-0.39, 0.29) is 11.4 Å². The first-order valence-corrected chi connectivity index (χ1v) is 12.5. The van der Waals surface area contributed by atoms with Gasteiger partial charge in [0.15, 0.2) is 0 Å². The molecular weight excluding hydrogens is 632 g/mol. The minimum Gasteiger partial charge on any atom is -0.457 e. The van der Waals surface area contributed by atoms with Gasteiger partial charge in [-0.1, -0.05) is 48.5 Å². The summed E-state index contributed by atoms with van der Waals surface area (Å²) in [4.78, 5) is 0. The number of ether oxygens (including phenoxy) is 1. The molecule has 15 heteroatoms. The molecule has 0 aliphatic heterocycles. The van der Waals surface area contributed by atoms with E-state index in [1.165, 1.54) is 0 Å². The highest BCUT2D eigenvalue weighted by Gasteiger charge is 2.73. The maximum absolute atomic E-state index is 15.5. The van der Waals surface area contributed by atoms with Crippen LogP contribution in [0.2, 0.25) is 0 Å². The summed E-state index contributed by atoms with van der Waals surface area (Å²) in [5, 5.41) is 0. The molecule has 4 aromatic carbocycles. The van der Waals surface area contributed by atoms with E-state index < -0.39 is 69.3 Å². The summed E-state index contributed by atoms with van der Waals surface area (Å²) < 4.78 is 180. The summed E-state index contributed by atoms with van der Waals surface area (Å²) in [5.41, 5.74) is -5.51. The van der Waals surface area contributed by atoms with Gasteiger partial charge in [0.1, 0.15) is 11.5 Å². The third-order valence-corrected chi connectivity index (χ3v) is 6.93. The highest BCUT2D eigenvalue weighted by Crippen LogP contribution is 2.58. The fourth-order valence-corrected chi connectivity index (χ4v) is 4.47. The van der Waals surface area contributed by atoms with E-state index in [0.29, 0.717) is 72.8 Å². The first kappa shape index (κ1) is 33.3. The van der Waals surface area contributed by atoms with Crippen molar-refractivity contribution >= 4 is 11.4 Å². The summed E-state index contributed by atoms with van der Waals surface area (Å²) in [6, 6.07) is 9.65. The van der Waals surface area contributed by atoms with Crippen LogP contribution in [0.3, 0.4) is 0 Å². The molecule has 4 aromatic rings. The summed E-state index contributed by atoms with van der Waals surface area (Å²) in [6.07, 6.45) is -12.2. The van der Waals surface area contributed by atoms with Gasteiger partial charge in [-0.2, -0.15) is 43.9 Å². The Hall–Kier alpha value is -4.56. The van der Waals surface area contributed by atoms with Crippen LogP contribution in [0.15, 0.2) is 97.1 Å². The van der Waals surface area contributed by atoms with Crippen LogP contribution in [-0.4, -0.2) is 12.4 Å². The number of benzene rings is 4. The first-order valence-electron chi connectivity index (χ1n) is 12.5. The van der Waals surface area contributed by atoms with Gasteiger partial charge in [0.2, 0.25) is 0 Å². The lowest BCUT2D eigenvalue weighted by molar-refractivity contribution is -0.315. The number of hydrogen-bond donors (Lipinski definition) is 2. The van der Waals surface area contributed by atoms with Crippen LogP contribution in [0.4, 0.5) is 64.1 Å². The fourth-order valence-electron chi connectivity index (χ4n) is 4.47. The van der Waals surface area contributed by atoms with Crippen LogP contribution >= 0.6 is 0 Å². The van der Waals surface area contributed by atoms with E-state index in [1.807, 2.05) is 0 Å². The molecule has 0 bridgehead atoms. The third kappa shape index (κ3) is 5.59. The molecule has 0 amide bonds. The molecule has 2 unspecified atom stereocenters. The van der Waals surface area contributed by atoms with E-state index >= 15 is 26.3 Å². The molecule has 0 radical (unpaired) electrons. The Labute approximate surface area is 247 Å². The minimum absolute atomic E-state index is 0.0633. The summed E-state index contributed by atoms with van der Waals surface area (Å²) in [5.74, 6) is -11.1. The van der Waals surface area contributed by atoms with E-state index in [9.17, 15) is 26.3 Å². The number of anilines is 2. The Morgan fingerprint density at radius 2 is 0.600 bits per heavy atom. The second-order valence-electron chi connectivity index (χ2n) is 9.86. The number of halogens is 12. The molecule has 0 fully saturated rings. The second-order valence-corrected chi connectivity index (χ2v) is 9.86. The van der Waals surface area contributed by atoms with E-state index in [1.54, 1.807) is 0 Å². The van der Waals surface area contributed by atoms with Crippen molar-refractivity contribution in [2.45, 2.75) is 35.5 Å². The van der Waals surface area contributed by atoms with E-state index in [0.717, 1.165) is 24.3 Å². The smallest absolute Gasteiger partial charge is 0.433 e. The standard InChI is InChI=1S/C30H20F12N2O/c31-25(29(37,38)39,27(33,34)19-1-9-21(43)10-2-19)17-5-13-23(14-6-17)45-24-15-7-18(8-16-24)26(32,30(40,41)42)28(35,36)20-3-11-22(44)12-4-20/h1-16H,43-44H2. The molecule has 0 aromatic heterocycles. The molecule has 0 saturated heterocycles. The quantitative estimate of drug-likeness (QED) is 0.147. The maximum Gasteiger partial charge on any atom is 0.433 e. The zero-order valence-corrected chi connectivity index (χ0v) is 22.3. The molecule has 0 aliphatic carbocycles. The molecule has 4 N–H and O–H groups in total. The van der Waals surface area contributed by atoms with Crippen molar-refractivity contribution in [2.24, 2.45) is 0 Å². The third-order valence-electron chi connectivity index (χ3n) is 6.93. The van der Waals surface area contributed by atoms with E-state index in [2.05, 4.69) is 0 Å². The fraction of sp³-hybridized carbons (Fsp3) is 0.200. The van der Waals surface area contributed by atoms with Crippen molar-refractivity contribution in [1.29, 1.82) is 0 Å². The van der Waals surface area contributed by atoms with Gasteiger partial charge >= 0.3 is 24.2 Å². The van der Waals surface area contributed by atoms with Gasteiger partial charge in [-0.05, 0) is 48.5 Å². The van der Waals surface area contributed by atoms with Crippen LogP contribution in [0.5, 0.6) is 11.5 Å². The lowest BCUT2D eigenvalue weighted by atomic mass is 9.84. The van der Waals surface area contributed by atoms with Crippen molar-refractivity contribution in [3.63, 3.8) is 0 Å². The Bertz CT molecular complexity index is 1500. The average Bonchev–Trinajstić information content (AvgIpc) is 2.96. The van der Waals surface area contributed by atoms with Crippen molar-refractivity contribution in [3.05, 3.63) is 119 Å². The minimum atomic E-state index is -6.12. The maximum atomic E-state index is 15.5. The number of nitrogens with two attached hydrogens (primary N) is 2. The molecule has 240 valence electrons. The van der Waals surface area contributed by atoms with Crippen LogP contribution in [0.25, 0.3) is 0 Å². The highest BCUT2D eigenvalue weighted by molar-refractivity contribution is 5.45. The number of nitrogen functional groups attached to an aromatic ring is 2. The average molecular weight is 652 g/mol.